The van der Waals surface area contributed by atoms with Gasteiger partial charge in [-0.25, -0.2) is 9.97 Å². The lowest BCUT2D eigenvalue weighted by atomic mass is 10.1. The first kappa shape index (κ1) is 16.4. The van der Waals surface area contributed by atoms with Crippen molar-refractivity contribution < 1.29 is 4.52 Å². The van der Waals surface area contributed by atoms with Crippen molar-refractivity contribution in [2.75, 3.05) is 25.0 Å². The first-order chi connectivity index (χ1) is 12.2. The van der Waals surface area contributed by atoms with Crippen molar-refractivity contribution in [1.29, 1.82) is 0 Å². The zero-order valence-corrected chi connectivity index (χ0v) is 15.1. The fourth-order valence-corrected chi connectivity index (χ4v) is 3.92. The van der Waals surface area contributed by atoms with Gasteiger partial charge in [-0.2, -0.15) is 4.98 Å². The highest BCUT2D eigenvalue weighted by atomic mass is 16.5. The molecule has 0 atom stereocenters. The molecule has 1 fully saturated rings. The molecule has 7 nitrogen and oxygen atoms in total. The Morgan fingerprint density at radius 1 is 1.12 bits per heavy atom. The summed E-state index contributed by atoms with van der Waals surface area (Å²) >= 11 is 0. The second-order valence-corrected chi connectivity index (χ2v) is 7.16. The average Bonchev–Trinajstić information content (AvgIpc) is 3.22. The molecule has 1 aliphatic heterocycles. The lowest BCUT2D eigenvalue weighted by molar-refractivity contribution is 0.350. The number of nitrogens with one attached hydrogen (secondary N) is 1. The van der Waals surface area contributed by atoms with E-state index in [0.717, 1.165) is 49.3 Å². The SMILES string of the molecule is Cc1nc2c(c(N(C)Cc3noc(C4CCCC4)n3)n1)CCNCC2. The van der Waals surface area contributed by atoms with Crippen LogP contribution in [0, 0.1) is 6.92 Å². The maximum absolute atomic E-state index is 5.51. The van der Waals surface area contributed by atoms with Crippen molar-refractivity contribution in [2.24, 2.45) is 0 Å². The minimum atomic E-state index is 0.454. The van der Waals surface area contributed by atoms with Gasteiger partial charge < -0.3 is 14.7 Å². The molecule has 134 valence electrons. The minimum absolute atomic E-state index is 0.454. The molecule has 0 aromatic carbocycles. The van der Waals surface area contributed by atoms with E-state index in [1.54, 1.807) is 0 Å². The molecule has 0 spiro atoms. The summed E-state index contributed by atoms with van der Waals surface area (Å²) in [6, 6.07) is 0. The summed E-state index contributed by atoms with van der Waals surface area (Å²) in [4.78, 5) is 16.1. The number of anilines is 1. The van der Waals surface area contributed by atoms with Crippen molar-refractivity contribution in [1.82, 2.24) is 25.4 Å². The Kier molecular flexibility index (Phi) is 4.65. The highest BCUT2D eigenvalue weighted by Gasteiger charge is 2.24. The molecular weight excluding hydrogens is 316 g/mol. The zero-order chi connectivity index (χ0) is 17.2. The molecule has 2 aromatic heterocycles. The molecule has 3 heterocycles. The largest absolute Gasteiger partial charge is 0.352 e. The van der Waals surface area contributed by atoms with Gasteiger partial charge in [-0.1, -0.05) is 18.0 Å². The maximum Gasteiger partial charge on any atom is 0.229 e. The number of hydrogen-bond donors (Lipinski definition) is 1. The van der Waals surface area contributed by atoms with Crippen LogP contribution in [0.15, 0.2) is 4.52 Å². The number of aromatic nitrogens is 4. The Balaban J connectivity index is 1.55. The summed E-state index contributed by atoms with van der Waals surface area (Å²) in [5.41, 5.74) is 2.41. The molecule has 1 N–H and O–H groups in total. The monoisotopic (exact) mass is 342 g/mol. The third kappa shape index (κ3) is 3.51. The van der Waals surface area contributed by atoms with Gasteiger partial charge in [0.25, 0.3) is 0 Å². The lowest BCUT2D eigenvalue weighted by Crippen LogP contribution is -2.22. The molecule has 2 aliphatic rings. The van der Waals surface area contributed by atoms with E-state index in [4.69, 9.17) is 9.51 Å². The highest BCUT2D eigenvalue weighted by Crippen LogP contribution is 2.33. The number of rotatable bonds is 4. The van der Waals surface area contributed by atoms with Crippen molar-refractivity contribution in [3.05, 3.63) is 28.8 Å². The van der Waals surface area contributed by atoms with Crippen LogP contribution in [0.4, 0.5) is 5.82 Å². The molecule has 0 bridgehead atoms. The number of hydrogen-bond acceptors (Lipinski definition) is 7. The second kappa shape index (κ2) is 7.07. The van der Waals surface area contributed by atoms with E-state index in [0.29, 0.717) is 12.5 Å². The van der Waals surface area contributed by atoms with Gasteiger partial charge >= 0.3 is 0 Å². The summed E-state index contributed by atoms with van der Waals surface area (Å²) in [6.45, 7) is 4.51. The van der Waals surface area contributed by atoms with Crippen molar-refractivity contribution >= 4 is 5.82 Å². The molecule has 0 amide bonds. The number of aryl methyl sites for hydroxylation is 1. The van der Waals surface area contributed by atoms with E-state index in [9.17, 15) is 0 Å². The van der Waals surface area contributed by atoms with Gasteiger partial charge in [0.1, 0.15) is 11.6 Å². The molecule has 1 saturated carbocycles. The van der Waals surface area contributed by atoms with E-state index in [2.05, 4.69) is 25.3 Å². The molecule has 0 saturated heterocycles. The fourth-order valence-electron chi connectivity index (χ4n) is 3.92. The maximum atomic E-state index is 5.51. The summed E-state index contributed by atoms with van der Waals surface area (Å²) in [5, 5.41) is 7.63. The van der Waals surface area contributed by atoms with E-state index >= 15 is 0 Å². The smallest absolute Gasteiger partial charge is 0.229 e. The quantitative estimate of drug-likeness (QED) is 0.912. The first-order valence-corrected chi connectivity index (χ1v) is 9.31. The zero-order valence-electron chi connectivity index (χ0n) is 15.1. The Morgan fingerprint density at radius 3 is 2.76 bits per heavy atom. The molecule has 7 heteroatoms. The first-order valence-electron chi connectivity index (χ1n) is 9.31. The molecule has 0 unspecified atom stereocenters. The summed E-state index contributed by atoms with van der Waals surface area (Å²) in [5.74, 6) is 3.82. The predicted molar refractivity (Wildman–Crippen MR) is 94.7 cm³/mol. The highest BCUT2D eigenvalue weighted by molar-refractivity contribution is 5.49. The van der Waals surface area contributed by atoms with E-state index in [1.165, 1.54) is 36.9 Å². The van der Waals surface area contributed by atoms with Gasteiger partial charge in [0.2, 0.25) is 5.89 Å². The normalized spacial score (nSPS) is 18.2. The van der Waals surface area contributed by atoms with Gasteiger partial charge in [-0.05, 0) is 32.7 Å². The Bertz CT molecular complexity index is 737. The molecule has 25 heavy (non-hydrogen) atoms. The van der Waals surface area contributed by atoms with Gasteiger partial charge in [0.05, 0.1) is 12.2 Å². The summed E-state index contributed by atoms with van der Waals surface area (Å²) in [7, 11) is 2.05. The summed E-state index contributed by atoms with van der Waals surface area (Å²) < 4.78 is 5.51. The van der Waals surface area contributed by atoms with E-state index in [-0.39, 0.29) is 0 Å². The van der Waals surface area contributed by atoms with E-state index in [1.807, 2.05) is 14.0 Å². The standard InChI is InChI=1S/C18H26N6O/c1-12-20-15-8-10-19-9-7-14(15)17(21-12)24(2)11-16-22-18(25-23-16)13-5-3-4-6-13/h13,19H,3-11H2,1-2H3. The molecular formula is C18H26N6O. The average molecular weight is 342 g/mol. The minimum Gasteiger partial charge on any atom is -0.352 e. The number of fused-ring (bicyclic) bond motifs is 1. The van der Waals surface area contributed by atoms with Gasteiger partial charge in [0, 0.05) is 31.5 Å². The van der Waals surface area contributed by atoms with Crippen LogP contribution < -0.4 is 10.2 Å². The molecule has 4 rings (SSSR count). The lowest BCUT2D eigenvalue weighted by Gasteiger charge is -2.21. The topological polar surface area (TPSA) is 80.0 Å². The van der Waals surface area contributed by atoms with Gasteiger partial charge in [-0.15, -0.1) is 0 Å². The van der Waals surface area contributed by atoms with Crippen LogP contribution in [0.3, 0.4) is 0 Å². The third-order valence-electron chi connectivity index (χ3n) is 5.20. The summed E-state index contributed by atoms with van der Waals surface area (Å²) in [6.07, 6.45) is 6.78. The van der Waals surface area contributed by atoms with Crippen LogP contribution in [0.2, 0.25) is 0 Å². The van der Waals surface area contributed by atoms with Crippen LogP contribution in [0.25, 0.3) is 0 Å². The van der Waals surface area contributed by atoms with Crippen LogP contribution in [-0.2, 0) is 19.4 Å². The van der Waals surface area contributed by atoms with Crippen LogP contribution in [0.5, 0.6) is 0 Å². The van der Waals surface area contributed by atoms with Crippen LogP contribution in [0.1, 0.15) is 60.4 Å². The Hall–Kier alpha value is -2.02. The van der Waals surface area contributed by atoms with E-state index < -0.39 is 0 Å². The number of nitrogens with zero attached hydrogens (tertiary/aromatic N) is 5. The molecule has 0 radical (unpaired) electrons. The fraction of sp³-hybridized carbons (Fsp3) is 0.667. The van der Waals surface area contributed by atoms with Crippen molar-refractivity contribution in [3.63, 3.8) is 0 Å². The van der Waals surface area contributed by atoms with Crippen molar-refractivity contribution in [2.45, 2.75) is 57.9 Å². The predicted octanol–water partition coefficient (Wildman–Crippen LogP) is 2.15. The van der Waals surface area contributed by atoms with Gasteiger partial charge in [0.15, 0.2) is 5.82 Å². The molecule has 1 aliphatic carbocycles. The molecule has 2 aromatic rings. The van der Waals surface area contributed by atoms with Crippen LogP contribution in [-0.4, -0.2) is 40.2 Å². The third-order valence-corrected chi connectivity index (χ3v) is 5.20. The Morgan fingerprint density at radius 2 is 1.92 bits per heavy atom. The second-order valence-electron chi connectivity index (χ2n) is 7.16. The van der Waals surface area contributed by atoms with Crippen LogP contribution >= 0.6 is 0 Å². The Labute approximate surface area is 148 Å². The van der Waals surface area contributed by atoms with Crippen molar-refractivity contribution in [3.8, 4) is 0 Å². The van der Waals surface area contributed by atoms with Gasteiger partial charge in [-0.3, -0.25) is 0 Å².